The van der Waals surface area contributed by atoms with Crippen molar-refractivity contribution in [2.24, 2.45) is 5.41 Å². The van der Waals surface area contributed by atoms with Crippen molar-refractivity contribution in [1.82, 2.24) is 19.9 Å². The van der Waals surface area contributed by atoms with Crippen LogP contribution in [0.2, 0.25) is 0 Å². The van der Waals surface area contributed by atoms with E-state index in [0.717, 1.165) is 25.0 Å². The van der Waals surface area contributed by atoms with Crippen molar-refractivity contribution in [2.45, 2.75) is 44.6 Å². The Kier molecular flexibility index (Phi) is 4.82. The standard InChI is InChI=1S/C17H22N4O3S/c22-16(17(2-3-17)10-21-5-4-18-11-21)20-14-1-6-23-8-15(14)24-7-13-9-25-12-19-13/h4-5,9,11-12,14-15H,1-3,6-8,10H2,(H,20,22)/t14-,15-/m1/s1. The van der Waals surface area contributed by atoms with Crippen molar-refractivity contribution in [1.29, 1.82) is 0 Å². The van der Waals surface area contributed by atoms with Gasteiger partial charge in [0, 0.05) is 30.9 Å². The van der Waals surface area contributed by atoms with Gasteiger partial charge < -0.3 is 19.4 Å². The van der Waals surface area contributed by atoms with Crippen LogP contribution in [0.3, 0.4) is 0 Å². The molecule has 0 aromatic carbocycles. The molecule has 134 valence electrons. The van der Waals surface area contributed by atoms with Gasteiger partial charge in [-0.15, -0.1) is 11.3 Å². The van der Waals surface area contributed by atoms with Crippen LogP contribution in [-0.2, 0) is 27.4 Å². The third-order valence-corrected chi connectivity index (χ3v) is 5.56. The summed E-state index contributed by atoms with van der Waals surface area (Å²) in [5, 5.41) is 5.19. The Morgan fingerprint density at radius 3 is 3.16 bits per heavy atom. The predicted octanol–water partition coefficient (Wildman–Crippen LogP) is 1.61. The van der Waals surface area contributed by atoms with Crippen LogP contribution < -0.4 is 5.32 Å². The summed E-state index contributed by atoms with van der Waals surface area (Å²) in [5.74, 6) is 0.121. The highest BCUT2D eigenvalue weighted by molar-refractivity contribution is 7.07. The number of hydrogen-bond acceptors (Lipinski definition) is 6. The molecule has 7 nitrogen and oxygen atoms in total. The summed E-state index contributed by atoms with van der Waals surface area (Å²) in [4.78, 5) is 21.1. The Bertz CT molecular complexity index is 685. The molecule has 2 fully saturated rings. The topological polar surface area (TPSA) is 78.3 Å². The Labute approximate surface area is 150 Å². The minimum atomic E-state index is -0.293. The first-order valence-electron chi connectivity index (χ1n) is 8.58. The highest BCUT2D eigenvalue weighted by Gasteiger charge is 2.50. The highest BCUT2D eigenvalue weighted by atomic mass is 32.1. The van der Waals surface area contributed by atoms with Gasteiger partial charge in [0.25, 0.3) is 0 Å². The van der Waals surface area contributed by atoms with Crippen LogP contribution in [0.5, 0.6) is 0 Å². The fraction of sp³-hybridized carbons (Fsp3) is 0.588. The molecule has 2 aromatic rings. The smallest absolute Gasteiger partial charge is 0.228 e. The molecule has 0 radical (unpaired) electrons. The van der Waals surface area contributed by atoms with E-state index >= 15 is 0 Å². The number of imidazole rings is 1. The summed E-state index contributed by atoms with van der Waals surface area (Å²) < 4.78 is 13.5. The molecular formula is C17H22N4O3S. The normalized spacial score (nSPS) is 24.8. The molecule has 0 bridgehead atoms. The van der Waals surface area contributed by atoms with E-state index in [0.29, 0.717) is 26.4 Å². The molecule has 0 spiro atoms. The SMILES string of the molecule is O=C(N[C@@H]1CCOC[C@H]1OCc1cscn1)C1(Cn2ccnc2)CC1. The van der Waals surface area contributed by atoms with Gasteiger partial charge in [0.15, 0.2) is 0 Å². The molecule has 25 heavy (non-hydrogen) atoms. The van der Waals surface area contributed by atoms with E-state index in [1.54, 1.807) is 29.4 Å². The average Bonchev–Trinajstić information content (AvgIpc) is 3.02. The number of carbonyl (C=O) groups is 1. The minimum Gasteiger partial charge on any atom is -0.379 e. The number of ether oxygens (including phenoxy) is 2. The summed E-state index contributed by atoms with van der Waals surface area (Å²) >= 11 is 1.55. The Morgan fingerprint density at radius 2 is 2.44 bits per heavy atom. The first kappa shape index (κ1) is 16.7. The van der Waals surface area contributed by atoms with Gasteiger partial charge in [-0.3, -0.25) is 4.79 Å². The number of carbonyl (C=O) groups excluding carboxylic acids is 1. The first-order valence-corrected chi connectivity index (χ1v) is 9.53. The lowest BCUT2D eigenvalue weighted by Crippen LogP contribution is -2.52. The zero-order chi connectivity index (χ0) is 17.1. The van der Waals surface area contributed by atoms with Crippen molar-refractivity contribution in [3.8, 4) is 0 Å². The molecule has 3 heterocycles. The number of aromatic nitrogens is 3. The fourth-order valence-electron chi connectivity index (χ4n) is 3.20. The van der Waals surface area contributed by atoms with Gasteiger partial charge in [-0.2, -0.15) is 0 Å². The van der Waals surface area contributed by atoms with Gasteiger partial charge in [-0.05, 0) is 19.3 Å². The maximum Gasteiger partial charge on any atom is 0.228 e. The number of thiazole rings is 1. The maximum absolute atomic E-state index is 12.8. The first-order chi connectivity index (χ1) is 12.3. The van der Waals surface area contributed by atoms with Crippen LogP contribution >= 0.6 is 11.3 Å². The van der Waals surface area contributed by atoms with E-state index in [4.69, 9.17) is 9.47 Å². The number of amides is 1. The third kappa shape index (κ3) is 3.91. The monoisotopic (exact) mass is 362 g/mol. The summed E-state index contributed by atoms with van der Waals surface area (Å²) in [7, 11) is 0. The van der Waals surface area contributed by atoms with Crippen LogP contribution in [0, 0.1) is 5.41 Å². The minimum absolute atomic E-state index is 0.0138. The summed E-state index contributed by atoms with van der Waals surface area (Å²) in [6, 6.07) is -0.0138. The van der Waals surface area contributed by atoms with Crippen molar-refractivity contribution in [3.63, 3.8) is 0 Å². The third-order valence-electron chi connectivity index (χ3n) is 4.93. The van der Waals surface area contributed by atoms with E-state index in [9.17, 15) is 4.79 Å². The number of nitrogens with zero attached hydrogens (tertiary/aromatic N) is 3. The number of nitrogens with one attached hydrogen (secondary N) is 1. The lowest BCUT2D eigenvalue weighted by atomic mass is 10.0. The molecule has 2 aliphatic rings. The molecule has 1 saturated carbocycles. The molecule has 1 aliphatic carbocycles. The molecule has 0 unspecified atom stereocenters. The maximum atomic E-state index is 12.8. The molecule has 2 atom stereocenters. The van der Waals surface area contributed by atoms with Crippen LogP contribution in [-0.4, -0.2) is 45.8 Å². The van der Waals surface area contributed by atoms with Crippen molar-refractivity contribution in [3.05, 3.63) is 35.3 Å². The van der Waals surface area contributed by atoms with Crippen molar-refractivity contribution < 1.29 is 14.3 Å². The molecule has 1 amide bonds. The van der Waals surface area contributed by atoms with Gasteiger partial charge in [-0.25, -0.2) is 9.97 Å². The highest BCUT2D eigenvalue weighted by Crippen LogP contribution is 2.47. The van der Waals surface area contributed by atoms with Crippen LogP contribution in [0.15, 0.2) is 29.6 Å². The lowest BCUT2D eigenvalue weighted by molar-refractivity contribution is -0.132. The van der Waals surface area contributed by atoms with Gasteiger partial charge in [-0.1, -0.05) is 0 Å². The molecule has 8 heteroatoms. The molecule has 1 saturated heterocycles. The van der Waals surface area contributed by atoms with E-state index in [2.05, 4.69) is 15.3 Å². The number of hydrogen-bond donors (Lipinski definition) is 1. The van der Waals surface area contributed by atoms with Gasteiger partial charge in [0.1, 0.15) is 6.10 Å². The average molecular weight is 362 g/mol. The van der Waals surface area contributed by atoms with Crippen molar-refractivity contribution >= 4 is 17.2 Å². The quantitative estimate of drug-likeness (QED) is 0.810. The fourth-order valence-corrected chi connectivity index (χ4v) is 3.74. The molecular weight excluding hydrogens is 340 g/mol. The summed E-state index contributed by atoms with van der Waals surface area (Å²) in [6.07, 6.45) is 7.89. The van der Waals surface area contributed by atoms with E-state index in [1.807, 2.05) is 16.1 Å². The van der Waals surface area contributed by atoms with Gasteiger partial charge in [0.05, 0.1) is 42.2 Å². The molecule has 1 aliphatic heterocycles. The van der Waals surface area contributed by atoms with Gasteiger partial charge >= 0.3 is 0 Å². The molecule has 4 rings (SSSR count). The second kappa shape index (κ2) is 7.23. The molecule has 1 N–H and O–H groups in total. The van der Waals surface area contributed by atoms with Crippen LogP contribution in [0.1, 0.15) is 25.0 Å². The summed E-state index contributed by atoms with van der Waals surface area (Å²) in [5.41, 5.74) is 2.42. The van der Waals surface area contributed by atoms with Gasteiger partial charge in [0.2, 0.25) is 5.91 Å². The van der Waals surface area contributed by atoms with E-state index in [1.165, 1.54) is 0 Å². The van der Waals surface area contributed by atoms with E-state index < -0.39 is 0 Å². The second-order valence-corrected chi connectivity index (χ2v) is 7.51. The predicted molar refractivity (Wildman–Crippen MR) is 92.0 cm³/mol. The van der Waals surface area contributed by atoms with Crippen molar-refractivity contribution in [2.75, 3.05) is 13.2 Å². The summed E-state index contributed by atoms with van der Waals surface area (Å²) in [6.45, 7) is 2.29. The van der Waals surface area contributed by atoms with E-state index in [-0.39, 0.29) is 23.5 Å². The largest absolute Gasteiger partial charge is 0.379 e. The Morgan fingerprint density at radius 1 is 1.52 bits per heavy atom. The Hall–Kier alpha value is -1.77. The second-order valence-electron chi connectivity index (χ2n) is 6.79. The number of rotatable bonds is 7. The molecule has 2 aromatic heterocycles. The lowest BCUT2D eigenvalue weighted by Gasteiger charge is -2.33. The zero-order valence-electron chi connectivity index (χ0n) is 14.0. The van der Waals surface area contributed by atoms with Crippen LogP contribution in [0.4, 0.5) is 0 Å². The van der Waals surface area contributed by atoms with Crippen LogP contribution in [0.25, 0.3) is 0 Å². The Balaban J connectivity index is 1.35. The zero-order valence-corrected chi connectivity index (χ0v) is 14.8.